The lowest BCUT2D eigenvalue weighted by Crippen LogP contribution is -2.08. The molecule has 0 aliphatic rings. The van der Waals surface area contributed by atoms with Crippen LogP contribution in [0.5, 0.6) is 0 Å². The van der Waals surface area contributed by atoms with Gasteiger partial charge in [-0.15, -0.1) is 0 Å². The number of rotatable bonds is 7. The Morgan fingerprint density at radius 1 is 1.23 bits per heavy atom. The van der Waals surface area contributed by atoms with Crippen molar-refractivity contribution in [3.05, 3.63) is 41.7 Å². The predicted molar refractivity (Wildman–Crippen MR) is 86.2 cm³/mol. The quantitative estimate of drug-likeness (QED) is 0.765. The number of nitrogens with one attached hydrogen (secondary N) is 2. The smallest absolute Gasteiger partial charge is 0.136 e. The summed E-state index contributed by atoms with van der Waals surface area (Å²) in [6.07, 6.45) is 0.909. The van der Waals surface area contributed by atoms with E-state index in [2.05, 4.69) is 26.7 Å². The first-order valence-corrected chi connectivity index (χ1v) is 7.07. The van der Waals surface area contributed by atoms with Crippen molar-refractivity contribution < 1.29 is 4.74 Å². The van der Waals surface area contributed by atoms with Gasteiger partial charge in [-0.3, -0.25) is 0 Å². The van der Waals surface area contributed by atoms with Crippen LogP contribution in [0, 0.1) is 18.3 Å². The Morgan fingerprint density at radius 3 is 2.82 bits per heavy atom. The lowest BCUT2D eigenvalue weighted by atomic mass is 10.2. The summed E-state index contributed by atoms with van der Waals surface area (Å²) in [7, 11) is 1.69. The number of benzene rings is 1. The van der Waals surface area contributed by atoms with Crippen LogP contribution >= 0.6 is 0 Å². The van der Waals surface area contributed by atoms with Crippen LogP contribution in [-0.4, -0.2) is 30.2 Å². The number of nitrogens with zero attached hydrogens (tertiary/aromatic N) is 3. The van der Waals surface area contributed by atoms with Crippen LogP contribution in [-0.2, 0) is 4.74 Å². The van der Waals surface area contributed by atoms with Gasteiger partial charge in [0, 0.05) is 32.0 Å². The fourth-order valence-electron chi connectivity index (χ4n) is 1.97. The van der Waals surface area contributed by atoms with Gasteiger partial charge in [-0.05, 0) is 31.5 Å². The SMILES string of the molecule is COCCCNc1cc(Nc2cccc(C#N)c2)nc(C)n1. The molecule has 0 fully saturated rings. The molecule has 0 spiro atoms. The van der Waals surface area contributed by atoms with Gasteiger partial charge >= 0.3 is 0 Å². The van der Waals surface area contributed by atoms with Crippen molar-refractivity contribution in [2.24, 2.45) is 0 Å². The fraction of sp³-hybridized carbons (Fsp3) is 0.312. The van der Waals surface area contributed by atoms with E-state index in [1.54, 1.807) is 19.2 Å². The molecule has 0 saturated carbocycles. The molecule has 2 aromatic rings. The van der Waals surface area contributed by atoms with Gasteiger partial charge in [-0.1, -0.05) is 6.07 Å². The molecular weight excluding hydrogens is 278 g/mol. The largest absolute Gasteiger partial charge is 0.385 e. The first-order valence-electron chi connectivity index (χ1n) is 7.07. The van der Waals surface area contributed by atoms with E-state index in [1.165, 1.54) is 0 Å². The van der Waals surface area contributed by atoms with Gasteiger partial charge in [0.2, 0.25) is 0 Å². The molecule has 0 aliphatic carbocycles. The van der Waals surface area contributed by atoms with Crippen LogP contribution in [0.3, 0.4) is 0 Å². The van der Waals surface area contributed by atoms with Gasteiger partial charge in [0.25, 0.3) is 0 Å². The van der Waals surface area contributed by atoms with E-state index < -0.39 is 0 Å². The third kappa shape index (κ3) is 4.72. The first-order chi connectivity index (χ1) is 10.7. The highest BCUT2D eigenvalue weighted by Gasteiger charge is 2.03. The molecule has 1 aromatic heterocycles. The molecule has 22 heavy (non-hydrogen) atoms. The Labute approximate surface area is 130 Å². The molecule has 114 valence electrons. The minimum absolute atomic E-state index is 0.605. The van der Waals surface area contributed by atoms with Crippen molar-refractivity contribution >= 4 is 17.3 Å². The molecule has 0 amide bonds. The van der Waals surface area contributed by atoms with E-state index in [9.17, 15) is 0 Å². The van der Waals surface area contributed by atoms with Gasteiger partial charge in [0.05, 0.1) is 11.6 Å². The molecular formula is C16H19N5O. The zero-order valence-corrected chi connectivity index (χ0v) is 12.8. The molecule has 0 atom stereocenters. The van der Waals surface area contributed by atoms with Crippen molar-refractivity contribution in [1.29, 1.82) is 5.26 Å². The fourth-order valence-corrected chi connectivity index (χ4v) is 1.97. The predicted octanol–water partition coefficient (Wildman–Crippen LogP) is 2.85. The Morgan fingerprint density at radius 2 is 2.05 bits per heavy atom. The average Bonchev–Trinajstić information content (AvgIpc) is 2.51. The van der Waals surface area contributed by atoms with Crippen molar-refractivity contribution in [3.8, 4) is 6.07 Å². The van der Waals surface area contributed by atoms with Gasteiger partial charge in [-0.2, -0.15) is 5.26 Å². The lowest BCUT2D eigenvalue weighted by Gasteiger charge is -2.10. The number of nitriles is 1. The molecule has 6 nitrogen and oxygen atoms in total. The molecule has 0 bridgehead atoms. The highest BCUT2D eigenvalue weighted by Crippen LogP contribution is 2.18. The number of hydrogen-bond donors (Lipinski definition) is 2. The number of methoxy groups -OCH3 is 1. The second-order valence-corrected chi connectivity index (χ2v) is 4.78. The Kier molecular flexibility index (Phi) is 5.69. The summed E-state index contributed by atoms with van der Waals surface area (Å²) in [6, 6.07) is 11.2. The van der Waals surface area contributed by atoms with Crippen LogP contribution in [0.1, 0.15) is 17.8 Å². The van der Waals surface area contributed by atoms with E-state index >= 15 is 0 Å². The van der Waals surface area contributed by atoms with E-state index in [4.69, 9.17) is 10.00 Å². The number of anilines is 3. The summed E-state index contributed by atoms with van der Waals surface area (Å²) in [5.74, 6) is 2.13. The van der Waals surface area contributed by atoms with Crippen LogP contribution < -0.4 is 10.6 Å². The minimum Gasteiger partial charge on any atom is -0.385 e. The normalized spacial score (nSPS) is 10.0. The van der Waals surface area contributed by atoms with Gasteiger partial charge in [-0.25, -0.2) is 9.97 Å². The van der Waals surface area contributed by atoms with Crippen molar-refractivity contribution in [2.45, 2.75) is 13.3 Å². The van der Waals surface area contributed by atoms with E-state index in [-0.39, 0.29) is 0 Å². The van der Waals surface area contributed by atoms with Gasteiger partial charge in [0.1, 0.15) is 17.5 Å². The standard InChI is InChI=1S/C16H19N5O/c1-12-19-15(18-7-4-8-22-2)10-16(20-12)21-14-6-3-5-13(9-14)11-17/h3,5-6,9-10H,4,7-8H2,1-2H3,(H2,18,19,20,21). The summed E-state index contributed by atoms with van der Waals surface area (Å²) < 4.78 is 5.02. The third-order valence-corrected chi connectivity index (χ3v) is 2.93. The minimum atomic E-state index is 0.605. The molecule has 0 saturated heterocycles. The second-order valence-electron chi connectivity index (χ2n) is 4.78. The number of aromatic nitrogens is 2. The zero-order valence-electron chi connectivity index (χ0n) is 12.8. The molecule has 0 aliphatic heterocycles. The number of hydrogen-bond acceptors (Lipinski definition) is 6. The topological polar surface area (TPSA) is 82.9 Å². The molecule has 0 unspecified atom stereocenters. The maximum atomic E-state index is 8.93. The van der Waals surface area contributed by atoms with E-state index in [1.807, 2.05) is 25.1 Å². The Bertz CT molecular complexity index is 666. The van der Waals surface area contributed by atoms with Crippen LogP contribution in [0.15, 0.2) is 30.3 Å². The number of ether oxygens (including phenoxy) is 1. The highest BCUT2D eigenvalue weighted by atomic mass is 16.5. The monoisotopic (exact) mass is 297 g/mol. The second kappa shape index (κ2) is 7.96. The molecule has 6 heteroatoms. The van der Waals surface area contributed by atoms with E-state index in [0.717, 1.165) is 24.5 Å². The van der Waals surface area contributed by atoms with Gasteiger partial charge in [0.15, 0.2) is 0 Å². The third-order valence-electron chi connectivity index (χ3n) is 2.93. The number of aryl methyl sites for hydroxylation is 1. The molecule has 2 N–H and O–H groups in total. The highest BCUT2D eigenvalue weighted by molar-refractivity contribution is 5.60. The average molecular weight is 297 g/mol. The Balaban J connectivity index is 2.07. The van der Waals surface area contributed by atoms with Crippen molar-refractivity contribution in [1.82, 2.24) is 9.97 Å². The molecule has 0 radical (unpaired) electrons. The maximum absolute atomic E-state index is 8.93. The maximum Gasteiger partial charge on any atom is 0.136 e. The summed E-state index contributed by atoms with van der Waals surface area (Å²) in [4.78, 5) is 8.71. The summed E-state index contributed by atoms with van der Waals surface area (Å²) in [6.45, 7) is 3.34. The van der Waals surface area contributed by atoms with Crippen LogP contribution in [0.4, 0.5) is 17.3 Å². The van der Waals surface area contributed by atoms with Crippen LogP contribution in [0.2, 0.25) is 0 Å². The molecule has 1 aromatic carbocycles. The lowest BCUT2D eigenvalue weighted by molar-refractivity contribution is 0.198. The van der Waals surface area contributed by atoms with E-state index in [0.29, 0.717) is 23.8 Å². The zero-order chi connectivity index (χ0) is 15.8. The van der Waals surface area contributed by atoms with Crippen molar-refractivity contribution in [2.75, 3.05) is 30.9 Å². The summed E-state index contributed by atoms with van der Waals surface area (Å²) in [5.41, 5.74) is 1.43. The first kappa shape index (κ1) is 15.7. The summed E-state index contributed by atoms with van der Waals surface area (Å²) >= 11 is 0. The van der Waals surface area contributed by atoms with Gasteiger partial charge < -0.3 is 15.4 Å². The molecule has 2 rings (SSSR count). The van der Waals surface area contributed by atoms with Crippen LogP contribution in [0.25, 0.3) is 0 Å². The Hall–Kier alpha value is -2.65. The van der Waals surface area contributed by atoms with Crippen molar-refractivity contribution in [3.63, 3.8) is 0 Å². The molecule has 1 heterocycles. The summed E-state index contributed by atoms with van der Waals surface area (Å²) in [5, 5.41) is 15.4.